The number of anilines is 2. The van der Waals surface area contributed by atoms with Crippen LogP contribution in [0.3, 0.4) is 0 Å². The van der Waals surface area contributed by atoms with Gasteiger partial charge in [0.1, 0.15) is 5.75 Å². The largest absolute Gasteiger partial charge is 0.492 e. The van der Waals surface area contributed by atoms with E-state index < -0.39 is 0 Å². The zero-order valence-corrected chi connectivity index (χ0v) is 19.9. The van der Waals surface area contributed by atoms with Crippen molar-refractivity contribution in [1.82, 2.24) is 0 Å². The Kier molecular flexibility index (Phi) is 7.54. The average molecular weight is 445 g/mol. The smallest absolute Gasteiger partial charge is 0.259 e. The van der Waals surface area contributed by atoms with Gasteiger partial charge in [-0.15, -0.1) is 0 Å². The zero-order valence-electron chi connectivity index (χ0n) is 19.9. The fourth-order valence-electron chi connectivity index (χ4n) is 3.20. The van der Waals surface area contributed by atoms with Gasteiger partial charge in [-0.1, -0.05) is 58.9 Å². The molecule has 0 aliphatic rings. The van der Waals surface area contributed by atoms with Crippen molar-refractivity contribution in [2.75, 3.05) is 17.2 Å². The van der Waals surface area contributed by atoms with E-state index in [1.807, 2.05) is 36.4 Å². The summed E-state index contributed by atoms with van der Waals surface area (Å²) >= 11 is 0. The van der Waals surface area contributed by atoms with Crippen LogP contribution >= 0.6 is 0 Å². The van der Waals surface area contributed by atoms with Gasteiger partial charge in [-0.3, -0.25) is 9.59 Å². The first kappa shape index (κ1) is 24.1. The summed E-state index contributed by atoms with van der Waals surface area (Å²) in [5.74, 6) is 0.499. The van der Waals surface area contributed by atoms with E-state index in [9.17, 15) is 9.59 Å². The molecular formula is C28H32N2O3. The van der Waals surface area contributed by atoms with Crippen LogP contribution in [0, 0.1) is 5.92 Å². The fraction of sp³-hybridized carbons (Fsp3) is 0.286. The van der Waals surface area contributed by atoms with Crippen molar-refractivity contribution in [3.63, 3.8) is 0 Å². The van der Waals surface area contributed by atoms with Crippen molar-refractivity contribution in [2.24, 2.45) is 5.92 Å². The second-order valence-electron chi connectivity index (χ2n) is 9.51. The Balaban J connectivity index is 1.63. The lowest BCUT2D eigenvalue weighted by atomic mass is 9.87. The number of para-hydroxylation sites is 1. The number of rotatable bonds is 7. The van der Waals surface area contributed by atoms with Crippen LogP contribution in [0.1, 0.15) is 60.9 Å². The van der Waals surface area contributed by atoms with Gasteiger partial charge in [0.05, 0.1) is 12.2 Å². The Morgan fingerprint density at radius 3 is 1.88 bits per heavy atom. The minimum atomic E-state index is -0.245. The van der Waals surface area contributed by atoms with E-state index in [1.54, 1.807) is 36.4 Å². The predicted molar refractivity (Wildman–Crippen MR) is 134 cm³/mol. The molecule has 3 aromatic rings. The van der Waals surface area contributed by atoms with Crippen LogP contribution in [0.4, 0.5) is 11.4 Å². The Morgan fingerprint density at radius 1 is 0.788 bits per heavy atom. The molecule has 0 fully saturated rings. The van der Waals surface area contributed by atoms with E-state index in [2.05, 4.69) is 45.3 Å². The van der Waals surface area contributed by atoms with Gasteiger partial charge in [-0.25, -0.2) is 0 Å². The van der Waals surface area contributed by atoms with Gasteiger partial charge in [-0.05, 0) is 65.4 Å². The summed E-state index contributed by atoms with van der Waals surface area (Å²) in [6.45, 7) is 11.1. The van der Waals surface area contributed by atoms with E-state index in [-0.39, 0.29) is 17.2 Å². The lowest BCUT2D eigenvalue weighted by molar-refractivity contribution is 0.101. The maximum atomic E-state index is 12.8. The number of amides is 2. The molecule has 0 aromatic heterocycles. The molecule has 33 heavy (non-hydrogen) atoms. The summed E-state index contributed by atoms with van der Waals surface area (Å²) in [4.78, 5) is 25.3. The fourth-order valence-corrected chi connectivity index (χ4v) is 3.20. The third kappa shape index (κ3) is 6.69. The first-order chi connectivity index (χ1) is 15.6. The van der Waals surface area contributed by atoms with Crippen molar-refractivity contribution in [2.45, 2.75) is 40.0 Å². The Labute approximate surface area is 196 Å². The minimum Gasteiger partial charge on any atom is -0.492 e. The molecule has 3 aromatic carbocycles. The number of ether oxygens (including phenoxy) is 1. The van der Waals surface area contributed by atoms with Crippen molar-refractivity contribution in [1.29, 1.82) is 0 Å². The Morgan fingerprint density at radius 2 is 1.33 bits per heavy atom. The topological polar surface area (TPSA) is 67.4 Å². The van der Waals surface area contributed by atoms with Crippen LogP contribution in [0.2, 0.25) is 0 Å². The molecule has 0 saturated heterocycles. The molecule has 3 rings (SSSR count). The number of carbonyl (C=O) groups is 2. The van der Waals surface area contributed by atoms with Gasteiger partial charge in [0.25, 0.3) is 11.8 Å². The molecule has 2 N–H and O–H groups in total. The molecule has 0 heterocycles. The quantitative estimate of drug-likeness (QED) is 0.436. The van der Waals surface area contributed by atoms with Gasteiger partial charge in [0, 0.05) is 16.9 Å². The van der Waals surface area contributed by atoms with Crippen molar-refractivity contribution < 1.29 is 14.3 Å². The lowest BCUT2D eigenvalue weighted by Crippen LogP contribution is -2.15. The predicted octanol–water partition coefficient (Wildman–Crippen LogP) is 6.52. The van der Waals surface area contributed by atoms with Crippen molar-refractivity contribution >= 4 is 23.2 Å². The molecule has 172 valence electrons. The molecule has 0 aliphatic carbocycles. The first-order valence-corrected chi connectivity index (χ1v) is 11.2. The standard InChI is InChI=1S/C28H32N2O3/c1-19(2)18-33-25-9-7-6-8-24(25)27(32)30-23-16-14-22(15-17-23)29-26(31)20-10-12-21(13-11-20)28(3,4)5/h6-17,19H,18H2,1-5H3,(H,29,31)(H,30,32). The normalized spacial score (nSPS) is 11.2. The molecule has 0 bridgehead atoms. The molecular weight excluding hydrogens is 412 g/mol. The van der Waals surface area contributed by atoms with E-state index in [4.69, 9.17) is 4.74 Å². The number of hydrogen-bond acceptors (Lipinski definition) is 3. The van der Waals surface area contributed by atoms with Gasteiger partial charge >= 0.3 is 0 Å². The first-order valence-electron chi connectivity index (χ1n) is 11.2. The highest BCUT2D eigenvalue weighted by Crippen LogP contribution is 2.23. The lowest BCUT2D eigenvalue weighted by Gasteiger charge is -2.19. The third-order valence-electron chi connectivity index (χ3n) is 5.12. The third-order valence-corrected chi connectivity index (χ3v) is 5.12. The Hall–Kier alpha value is -3.60. The average Bonchev–Trinajstić information content (AvgIpc) is 2.78. The molecule has 5 heteroatoms. The van der Waals surface area contributed by atoms with Gasteiger partial charge in [0.15, 0.2) is 0 Å². The maximum absolute atomic E-state index is 12.8. The number of nitrogens with one attached hydrogen (secondary N) is 2. The van der Waals surface area contributed by atoms with E-state index in [0.717, 1.165) is 0 Å². The molecule has 2 amide bonds. The van der Waals surface area contributed by atoms with Gasteiger partial charge < -0.3 is 15.4 Å². The number of carbonyl (C=O) groups excluding carboxylic acids is 2. The second-order valence-corrected chi connectivity index (χ2v) is 9.51. The summed E-state index contributed by atoms with van der Waals surface area (Å²) in [5, 5.41) is 5.78. The van der Waals surface area contributed by atoms with E-state index in [1.165, 1.54) is 5.56 Å². The van der Waals surface area contributed by atoms with Crippen LogP contribution in [-0.4, -0.2) is 18.4 Å². The van der Waals surface area contributed by atoms with E-state index in [0.29, 0.717) is 40.8 Å². The molecule has 0 aliphatic heterocycles. The number of hydrogen-bond donors (Lipinski definition) is 2. The van der Waals surface area contributed by atoms with Crippen molar-refractivity contribution in [3.05, 3.63) is 89.5 Å². The summed E-state index contributed by atoms with van der Waals surface area (Å²) in [7, 11) is 0. The van der Waals surface area contributed by atoms with Gasteiger partial charge in [0.2, 0.25) is 0 Å². The monoisotopic (exact) mass is 444 g/mol. The van der Waals surface area contributed by atoms with Crippen LogP contribution in [0.25, 0.3) is 0 Å². The SMILES string of the molecule is CC(C)COc1ccccc1C(=O)Nc1ccc(NC(=O)c2ccc(C(C)(C)C)cc2)cc1. The highest BCUT2D eigenvalue weighted by Gasteiger charge is 2.15. The van der Waals surface area contributed by atoms with Crippen LogP contribution in [0.15, 0.2) is 72.8 Å². The molecule has 5 nitrogen and oxygen atoms in total. The second kappa shape index (κ2) is 10.3. The minimum absolute atomic E-state index is 0.0380. The van der Waals surface area contributed by atoms with Gasteiger partial charge in [-0.2, -0.15) is 0 Å². The van der Waals surface area contributed by atoms with E-state index >= 15 is 0 Å². The highest BCUT2D eigenvalue weighted by atomic mass is 16.5. The molecule has 0 unspecified atom stereocenters. The molecule has 0 saturated carbocycles. The van der Waals surface area contributed by atoms with Crippen LogP contribution in [-0.2, 0) is 5.41 Å². The Bertz CT molecular complexity index is 1100. The van der Waals surface area contributed by atoms with Crippen molar-refractivity contribution in [3.8, 4) is 5.75 Å². The molecule has 0 spiro atoms. The van der Waals surface area contributed by atoms with Crippen LogP contribution in [0.5, 0.6) is 5.75 Å². The summed E-state index contributed by atoms with van der Waals surface area (Å²) in [5.41, 5.74) is 3.57. The molecule has 0 atom stereocenters. The number of benzene rings is 3. The summed E-state index contributed by atoms with van der Waals surface area (Å²) in [6.07, 6.45) is 0. The summed E-state index contributed by atoms with van der Waals surface area (Å²) < 4.78 is 5.78. The zero-order chi connectivity index (χ0) is 24.0. The highest BCUT2D eigenvalue weighted by molar-refractivity contribution is 6.07. The molecule has 0 radical (unpaired) electrons. The van der Waals surface area contributed by atoms with Crippen LogP contribution < -0.4 is 15.4 Å². The summed E-state index contributed by atoms with van der Waals surface area (Å²) in [6, 6.07) is 21.9. The maximum Gasteiger partial charge on any atom is 0.259 e.